The number of nitrogens with zero attached hydrogens (tertiary/aromatic N) is 1. The van der Waals surface area contributed by atoms with Gasteiger partial charge in [-0.2, -0.15) is 0 Å². The first-order valence-electron chi connectivity index (χ1n) is 6.33. The van der Waals surface area contributed by atoms with Crippen LogP contribution in [0.1, 0.15) is 25.3 Å². The van der Waals surface area contributed by atoms with Crippen LogP contribution in [0.4, 0.5) is 5.69 Å². The van der Waals surface area contributed by atoms with Gasteiger partial charge in [0.1, 0.15) is 0 Å². The van der Waals surface area contributed by atoms with E-state index in [1.54, 1.807) is 11.8 Å². The summed E-state index contributed by atoms with van der Waals surface area (Å²) in [5.41, 5.74) is 7.98. The van der Waals surface area contributed by atoms with Crippen molar-refractivity contribution in [1.82, 2.24) is 0 Å². The summed E-state index contributed by atoms with van der Waals surface area (Å²) in [7, 11) is 0. The number of thioether (sulfide) groups is 1. The molecule has 1 amide bonds. The van der Waals surface area contributed by atoms with Crippen LogP contribution < -0.4 is 10.6 Å². The van der Waals surface area contributed by atoms with E-state index in [2.05, 4.69) is 26.0 Å². The van der Waals surface area contributed by atoms with Crippen molar-refractivity contribution in [3.8, 4) is 0 Å². The highest BCUT2D eigenvalue weighted by molar-refractivity contribution is 8.00. The average molecular weight is 264 g/mol. The van der Waals surface area contributed by atoms with Crippen LogP contribution >= 0.6 is 11.8 Å². The summed E-state index contributed by atoms with van der Waals surface area (Å²) < 4.78 is 0. The Morgan fingerprint density at radius 3 is 2.61 bits per heavy atom. The van der Waals surface area contributed by atoms with Gasteiger partial charge in [-0.25, -0.2) is 0 Å². The maximum absolute atomic E-state index is 11.9. The fraction of sp³-hybridized carbons (Fsp3) is 0.500. The van der Waals surface area contributed by atoms with Crippen molar-refractivity contribution in [1.29, 1.82) is 0 Å². The molecule has 4 heteroatoms. The van der Waals surface area contributed by atoms with Crippen LogP contribution in [0.25, 0.3) is 0 Å². The minimum Gasteiger partial charge on any atom is -0.329 e. The molecule has 1 atom stereocenters. The van der Waals surface area contributed by atoms with Crippen molar-refractivity contribution in [2.75, 3.05) is 23.7 Å². The molecule has 1 saturated heterocycles. The van der Waals surface area contributed by atoms with E-state index < -0.39 is 0 Å². The second-order valence-corrected chi connectivity index (χ2v) is 6.21. The normalized spacial score (nSPS) is 20.6. The Bertz CT molecular complexity index is 416. The first-order chi connectivity index (χ1) is 8.61. The van der Waals surface area contributed by atoms with E-state index >= 15 is 0 Å². The molecule has 1 aromatic carbocycles. The number of hydrogen-bond acceptors (Lipinski definition) is 3. The molecule has 1 aromatic rings. The molecule has 0 aromatic heterocycles. The van der Waals surface area contributed by atoms with Gasteiger partial charge in [0.15, 0.2) is 0 Å². The Morgan fingerprint density at radius 2 is 2.06 bits per heavy atom. The molecule has 2 N–H and O–H groups in total. The number of carbonyl (C=O) groups is 1. The Balaban J connectivity index is 2.16. The monoisotopic (exact) mass is 264 g/mol. The largest absolute Gasteiger partial charge is 0.329 e. The zero-order valence-corrected chi connectivity index (χ0v) is 11.7. The van der Waals surface area contributed by atoms with Gasteiger partial charge in [0, 0.05) is 24.0 Å². The highest BCUT2D eigenvalue weighted by atomic mass is 32.2. The number of benzene rings is 1. The zero-order valence-electron chi connectivity index (χ0n) is 10.9. The molecule has 0 spiro atoms. The highest BCUT2D eigenvalue weighted by Crippen LogP contribution is 2.26. The summed E-state index contributed by atoms with van der Waals surface area (Å²) in [6.07, 6.45) is 0. The van der Waals surface area contributed by atoms with E-state index in [1.807, 2.05) is 17.0 Å². The fourth-order valence-corrected chi connectivity index (χ4v) is 2.98. The number of rotatable bonds is 3. The van der Waals surface area contributed by atoms with Gasteiger partial charge < -0.3 is 10.6 Å². The molecule has 3 nitrogen and oxygen atoms in total. The number of nitrogens with two attached hydrogens (primary N) is 1. The lowest BCUT2D eigenvalue weighted by atomic mass is 10.0. The van der Waals surface area contributed by atoms with Crippen LogP contribution in [0.2, 0.25) is 0 Å². The first kappa shape index (κ1) is 13.4. The van der Waals surface area contributed by atoms with Gasteiger partial charge >= 0.3 is 0 Å². The van der Waals surface area contributed by atoms with Gasteiger partial charge in [-0.05, 0) is 23.6 Å². The van der Waals surface area contributed by atoms with Crippen LogP contribution in [0, 0.1) is 0 Å². The van der Waals surface area contributed by atoms with E-state index in [0.717, 1.165) is 12.2 Å². The third-order valence-corrected chi connectivity index (χ3v) is 4.49. The minimum absolute atomic E-state index is 0.182. The third-order valence-electron chi connectivity index (χ3n) is 3.26. The molecule has 1 aliphatic heterocycles. The predicted molar refractivity (Wildman–Crippen MR) is 78.2 cm³/mol. The topological polar surface area (TPSA) is 46.3 Å². The van der Waals surface area contributed by atoms with Gasteiger partial charge in [-0.1, -0.05) is 26.0 Å². The van der Waals surface area contributed by atoms with Crippen LogP contribution in [0.3, 0.4) is 0 Å². The summed E-state index contributed by atoms with van der Waals surface area (Å²) in [6, 6.07) is 8.28. The van der Waals surface area contributed by atoms with Crippen LogP contribution in [-0.2, 0) is 4.79 Å². The lowest BCUT2D eigenvalue weighted by Crippen LogP contribution is -2.45. The van der Waals surface area contributed by atoms with Gasteiger partial charge in [0.2, 0.25) is 5.91 Å². The first-order valence-corrected chi connectivity index (χ1v) is 7.38. The number of amides is 1. The molecule has 0 saturated carbocycles. The second-order valence-electron chi connectivity index (χ2n) is 4.92. The summed E-state index contributed by atoms with van der Waals surface area (Å²) in [5, 5.41) is 0.354. The molecular formula is C14H20N2OS. The van der Waals surface area contributed by atoms with Crippen molar-refractivity contribution < 1.29 is 4.79 Å². The van der Waals surface area contributed by atoms with Crippen molar-refractivity contribution in [2.24, 2.45) is 5.73 Å². The maximum atomic E-state index is 11.9. The maximum Gasteiger partial charge on any atom is 0.237 e. The van der Waals surface area contributed by atoms with E-state index in [4.69, 9.17) is 5.73 Å². The van der Waals surface area contributed by atoms with Crippen LogP contribution in [-0.4, -0.2) is 30.0 Å². The summed E-state index contributed by atoms with van der Waals surface area (Å²) >= 11 is 1.66. The Hall–Kier alpha value is -1.00. The van der Waals surface area contributed by atoms with Gasteiger partial charge in [-0.15, -0.1) is 11.8 Å². The summed E-state index contributed by atoms with van der Waals surface area (Å²) in [6.45, 7) is 5.68. The molecule has 2 rings (SSSR count). The predicted octanol–water partition coefficient (Wildman–Crippen LogP) is 2.22. The standard InChI is InChI=1S/C14H20N2OS/c1-10(2)11-3-5-12(6-4-11)16-8-13(7-15)18-9-14(16)17/h3-6,10,13H,7-9,15H2,1-2H3. The lowest BCUT2D eigenvalue weighted by Gasteiger charge is -2.31. The Kier molecular flexibility index (Phi) is 4.30. The van der Waals surface area contributed by atoms with Crippen molar-refractivity contribution >= 4 is 23.4 Å². The minimum atomic E-state index is 0.182. The quantitative estimate of drug-likeness (QED) is 0.910. The molecule has 1 heterocycles. The molecule has 0 bridgehead atoms. The molecule has 98 valence electrons. The molecule has 1 fully saturated rings. The molecule has 0 radical (unpaired) electrons. The molecule has 18 heavy (non-hydrogen) atoms. The lowest BCUT2D eigenvalue weighted by molar-refractivity contribution is -0.116. The Labute approximate surface area is 113 Å². The van der Waals surface area contributed by atoms with Crippen molar-refractivity contribution in [3.05, 3.63) is 29.8 Å². The van der Waals surface area contributed by atoms with E-state index in [0.29, 0.717) is 23.5 Å². The fourth-order valence-electron chi connectivity index (χ4n) is 2.06. The SMILES string of the molecule is CC(C)c1ccc(N2CC(CN)SCC2=O)cc1. The van der Waals surface area contributed by atoms with E-state index in [1.165, 1.54) is 5.56 Å². The van der Waals surface area contributed by atoms with E-state index in [9.17, 15) is 4.79 Å². The molecule has 1 unspecified atom stereocenters. The number of anilines is 1. The van der Waals surface area contributed by atoms with E-state index in [-0.39, 0.29) is 5.91 Å². The van der Waals surface area contributed by atoms with Gasteiger partial charge in [-0.3, -0.25) is 4.79 Å². The molecule has 1 aliphatic rings. The molecule has 0 aliphatic carbocycles. The molecular weight excluding hydrogens is 244 g/mol. The number of hydrogen-bond donors (Lipinski definition) is 1. The van der Waals surface area contributed by atoms with Gasteiger partial charge in [0.25, 0.3) is 0 Å². The van der Waals surface area contributed by atoms with Crippen LogP contribution in [0.15, 0.2) is 24.3 Å². The van der Waals surface area contributed by atoms with Crippen molar-refractivity contribution in [2.45, 2.75) is 25.0 Å². The average Bonchev–Trinajstić information content (AvgIpc) is 2.39. The van der Waals surface area contributed by atoms with Crippen LogP contribution in [0.5, 0.6) is 0 Å². The summed E-state index contributed by atoms with van der Waals surface area (Å²) in [5.74, 6) is 1.24. The number of carbonyl (C=O) groups excluding carboxylic acids is 1. The third kappa shape index (κ3) is 2.87. The smallest absolute Gasteiger partial charge is 0.237 e. The zero-order chi connectivity index (χ0) is 13.1. The summed E-state index contributed by atoms with van der Waals surface area (Å²) in [4.78, 5) is 13.8. The van der Waals surface area contributed by atoms with Crippen molar-refractivity contribution in [3.63, 3.8) is 0 Å². The Morgan fingerprint density at radius 1 is 1.39 bits per heavy atom. The highest BCUT2D eigenvalue weighted by Gasteiger charge is 2.26. The second kappa shape index (κ2) is 5.76. The van der Waals surface area contributed by atoms with Gasteiger partial charge in [0.05, 0.1) is 5.75 Å².